The van der Waals surface area contributed by atoms with Gasteiger partial charge in [-0.05, 0) is 33.0 Å². The van der Waals surface area contributed by atoms with Crippen LogP contribution in [-0.4, -0.2) is 29.9 Å². The van der Waals surface area contributed by atoms with Crippen LogP contribution in [0.2, 0.25) is 0 Å². The molecule has 0 aliphatic rings. The van der Waals surface area contributed by atoms with Crippen LogP contribution < -0.4 is 11.1 Å². The fourth-order valence-electron chi connectivity index (χ4n) is 1.61. The van der Waals surface area contributed by atoms with Gasteiger partial charge in [-0.1, -0.05) is 6.07 Å². The number of benzene rings is 1. The molecule has 0 heterocycles. The lowest BCUT2D eigenvalue weighted by molar-refractivity contribution is 0.0119. The molecule has 0 radical (unpaired) electrons. The molecule has 0 fully saturated rings. The molecule has 1 rings (SSSR count). The minimum atomic E-state index is -1.23. The first-order chi connectivity index (χ1) is 7.99. The predicted molar refractivity (Wildman–Crippen MR) is 65.1 cm³/mol. The molecule has 17 heavy (non-hydrogen) atoms. The van der Waals surface area contributed by atoms with Crippen LogP contribution in [0.1, 0.15) is 23.7 Å². The Hall–Kier alpha value is -1.17. The Labute approximate surface area is 100 Å². The monoisotopic (exact) mass is 242 g/mol. The maximum Gasteiger partial charge on any atom is 0.134 e. The van der Waals surface area contributed by atoms with Gasteiger partial charge >= 0.3 is 0 Å². The number of halogens is 1. The van der Waals surface area contributed by atoms with Crippen molar-refractivity contribution in [3.8, 4) is 0 Å². The fourth-order valence-corrected chi connectivity index (χ4v) is 1.61. The number of nitrogens with two attached hydrogens (primary N) is 1. The summed E-state index contributed by atoms with van der Waals surface area (Å²) < 4.78 is 13.8. The molecule has 0 saturated heterocycles. The van der Waals surface area contributed by atoms with Crippen LogP contribution in [0, 0.1) is 12.7 Å². The van der Waals surface area contributed by atoms with Crippen molar-refractivity contribution in [1.82, 2.24) is 5.32 Å². The van der Waals surface area contributed by atoms with E-state index in [1.807, 2.05) is 0 Å². The lowest BCUT2D eigenvalue weighted by Crippen LogP contribution is -2.24. The number of aliphatic hydroxyl groups excluding tert-OH is 2. The molecule has 1 aromatic carbocycles. The Kier molecular flexibility index (Phi) is 4.86. The average Bonchev–Trinajstić information content (AvgIpc) is 2.32. The number of nitrogens with one attached hydrogen (secondary N) is 1. The molecule has 2 unspecified atom stereocenters. The third-order valence-corrected chi connectivity index (χ3v) is 2.83. The van der Waals surface area contributed by atoms with Crippen LogP contribution in [0.4, 0.5) is 10.1 Å². The summed E-state index contributed by atoms with van der Waals surface area (Å²) in [5.41, 5.74) is 6.27. The number of anilines is 1. The second kappa shape index (κ2) is 5.95. The third kappa shape index (κ3) is 3.15. The molecular weight excluding hydrogens is 223 g/mol. The number of hydrogen-bond acceptors (Lipinski definition) is 4. The van der Waals surface area contributed by atoms with Crippen LogP contribution >= 0.6 is 0 Å². The van der Waals surface area contributed by atoms with Gasteiger partial charge in [0.2, 0.25) is 0 Å². The highest BCUT2D eigenvalue weighted by molar-refractivity contribution is 5.49. The van der Waals surface area contributed by atoms with Crippen LogP contribution in [0.25, 0.3) is 0 Å². The van der Waals surface area contributed by atoms with Crippen molar-refractivity contribution in [3.05, 3.63) is 29.1 Å². The Bertz CT molecular complexity index is 385. The summed E-state index contributed by atoms with van der Waals surface area (Å²) in [5.74, 6) is -0.555. The molecule has 0 spiro atoms. The molecule has 2 atom stereocenters. The second-order valence-electron chi connectivity index (χ2n) is 4.09. The van der Waals surface area contributed by atoms with Gasteiger partial charge in [-0.15, -0.1) is 0 Å². The largest absolute Gasteiger partial charge is 0.398 e. The van der Waals surface area contributed by atoms with Crippen LogP contribution in [-0.2, 0) is 0 Å². The molecule has 1 aromatic rings. The van der Waals surface area contributed by atoms with Gasteiger partial charge in [-0.25, -0.2) is 4.39 Å². The van der Waals surface area contributed by atoms with E-state index in [-0.39, 0.29) is 5.56 Å². The lowest BCUT2D eigenvalue weighted by Gasteiger charge is -2.19. The second-order valence-corrected chi connectivity index (χ2v) is 4.09. The molecule has 5 N–H and O–H groups in total. The zero-order valence-corrected chi connectivity index (χ0v) is 10.1. The fraction of sp³-hybridized carbons (Fsp3) is 0.500. The average molecular weight is 242 g/mol. The Morgan fingerprint density at radius 2 is 2.06 bits per heavy atom. The molecule has 0 aromatic heterocycles. The van der Waals surface area contributed by atoms with Crippen molar-refractivity contribution in [2.24, 2.45) is 0 Å². The smallest absolute Gasteiger partial charge is 0.134 e. The van der Waals surface area contributed by atoms with Gasteiger partial charge in [0.05, 0.1) is 6.10 Å². The van der Waals surface area contributed by atoms with E-state index in [9.17, 15) is 14.6 Å². The molecule has 0 aliphatic carbocycles. The lowest BCUT2D eigenvalue weighted by atomic mass is 9.99. The standard InChI is InChI=1S/C12H19FN2O2/c1-7-9(14)4-3-8(11(7)13)12(17)10(16)5-6-15-2/h3-4,10,12,15-17H,5-6,14H2,1-2H3. The van der Waals surface area contributed by atoms with Gasteiger partial charge in [0.15, 0.2) is 0 Å². The Morgan fingerprint density at radius 3 is 2.65 bits per heavy atom. The molecule has 5 heteroatoms. The first-order valence-electron chi connectivity index (χ1n) is 5.54. The van der Waals surface area contributed by atoms with Gasteiger partial charge in [0, 0.05) is 16.8 Å². The third-order valence-electron chi connectivity index (χ3n) is 2.83. The van der Waals surface area contributed by atoms with Crippen LogP contribution in [0.5, 0.6) is 0 Å². The van der Waals surface area contributed by atoms with E-state index in [4.69, 9.17) is 5.73 Å². The van der Waals surface area contributed by atoms with E-state index < -0.39 is 18.0 Å². The zero-order chi connectivity index (χ0) is 13.0. The summed E-state index contributed by atoms with van der Waals surface area (Å²) in [6.07, 6.45) is -1.89. The zero-order valence-electron chi connectivity index (χ0n) is 10.1. The van der Waals surface area contributed by atoms with Crippen molar-refractivity contribution >= 4 is 5.69 Å². The van der Waals surface area contributed by atoms with Crippen molar-refractivity contribution in [2.75, 3.05) is 19.3 Å². The summed E-state index contributed by atoms with van der Waals surface area (Å²) in [4.78, 5) is 0. The summed E-state index contributed by atoms with van der Waals surface area (Å²) >= 11 is 0. The van der Waals surface area contributed by atoms with Crippen molar-refractivity contribution in [1.29, 1.82) is 0 Å². The minimum absolute atomic E-state index is 0.0836. The first-order valence-corrected chi connectivity index (χ1v) is 5.54. The highest BCUT2D eigenvalue weighted by atomic mass is 19.1. The molecule has 0 saturated carbocycles. The van der Waals surface area contributed by atoms with E-state index in [1.165, 1.54) is 12.1 Å². The highest BCUT2D eigenvalue weighted by Gasteiger charge is 2.22. The topological polar surface area (TPSA) is 78.5 Å². The number of rotatable bonds is 5. The van der Waals surface area contributed by atoms with E-state index in [0.29, 0.717) is 24.2 Å². The predicted octanol–water partition coefficient (Wildman–Crippen LogP) is 0.720. The van der Waals surface area contributed by atoms with Crippen LogP contribution in [0.3, 0.4) is 0 Å². The first kappa shape index (κ1) is 13.9. The van der Waals surface area contributed by atoms with Crippen molar-refractivity contribution in [3.63, 3.8) is 0 Å². The number of aliphatic hydroxyl groups is 2. The normalized spacial score (nSPS) is 14.6. The van der Waals surface area contributed by atoms with E-state index in [1.54, 1.807) is 14.0 Å². The number of hydrogen-bond donors (Lipinski definition) is 4. The van der Waals surface area contributed by atoms with Crippen LogP contribution in [0.15, 0.2) is 12.1 Å². The van der Waals surface area contributed by atoms with Crippen molar-refractivity contribution in [2.45, 2.75) is 25.6 Å². The molecule has 0 aliphatic heterocycles. The van der Waals surface area contributed by atoms with Crippen molar-refractivity contribution < 1.29 is 14.6 Å². The summed E-state index contributed by atoms with van der Waals surface area (Å²) in [5, 5.41) is 22.4. The van der Waals surface area contributed by atoms with Gasteiger partial charge < -0.3 is 21.3 Å². The Balaban J connectivity index is 2.89. The molecule has 96 valence electrons. The van der Waals surface area contributed by atoms with E-state index in [2.05, 4.69) is 5.32 Å². The number of nitrogen functional groups attached to an aromatic ring is 1. The summed E-state index contributed by atoms with van der Waals surface area (Å²) in [6, 6.07) is 2.94. The highest BCUT2D eigenvalue weighted by Crippen LogP contribution is 2.26. The molecular formula is C12H19FN2O2. The SMILES string of the molecule is CNCCC(O)C(O)c1ccc(N)c(C)c1F. The van der Waals surface area contributed by atoms with Gasteiger partial charge in [-0.2, -0.15) is 0 Å². The minimum Gasteiger partial charge on any atom is -0.398 e. The quantitative estimate of drug-likeness (QED) is 0.574. The van der Waals surface area contributed by atoms with E-state index >= 15 is 0 Å². The molecule has 0 bridgehead atoms. The molecule has 4 nitrogen and oxygen atoms in total. The Morgan fingerprint density at radius 1 is 1.41 bits per heavy atom. The molecule has 0 amide bonds. The van der Waals surface area contributed by atoms with Gasteiger partial charge in [0.1, 0.15) is 11.9 Å². The summed E-state index contributed by atoms with van der Waals surface area (Å²) in [6.45, 7) is 2.09. The maximum atomic E-state index is 13.8. The summed E-state index contributed by atoms with van der Waals surface area (Å²) in [7, 11) is 1.74. The van der Waals surface area contributed by atoms with Gasteiger partial charge in [-0.3, -0.25) is 0 Å². The van der Waals surface area contributed by atoms with E-state index in [0.717, 1.165) is 0 Å². The maximum absolute atomic E-state index is 13.8. The van der Waals surface area contributed by atoms with Gasteiger partial charge in [0.25, 0.3) is 0 Å².